The zero-order valence-electron chi connectivity index (χ0n) is 10.6. The van der Waals surface area contributed by atoms with E-state index < -0.39 is 11.9 Å². The predicted octanol–water partition coefficient (Wildman–Crippen LogP) is 2.74. The lowest BCUT2D eigenvalue weighted by atomic mass is 10.0. The first-order chi connectivity index (χ1) is 8.97. The number of carboxylic acids is 1. The number of carbonyl (C=O) groups is 2. The van der Waals surface area contributed by atoms with Crippen LogP contribution in [0.1, 0.15) is 35.2 Å². The van der Waals surface area contributed by atoms with Gasteiger partial charge in [-0.3, -0.25) is 9.59 Å². The standard InChI is InChI=1S/C14H16BrNO3/c1-8-5-9(7-10(15)6-8)13(17)16-12-4-2-3-11(12)14(18)19/h5-7,11-12H,2-4H2,1H3,(H,16,17)(H,18,19). The molecule has 0 saturated heterocycles. The second kappa shape index (κ2) is 5.74. The SMILES string of the molecule is Cc1cc(Br)cc(C(=O)NC2CCCC2C(=O)O)c1. The highest BCUT2D eigenvalue weighted by atomic mass is 79.9. The van der Waals surface area contributed by atoms with E-state index in [1.54, 1.807) is 12.1 Å². The highest BCUT2D eigenvalue weighted by Gasteiger charge is 2.33. The summed E-state index contributed by atoms with van der Waals surface area (Å²) in [5.41, 5.74) is 1.55. The minimum atomic E-state index is -0.826. The van der Waals surface area contributed by atoms with Crippen molar-refractivity contribution in [2.24, 2.45) is 5.92 Å². The van der Waals surface area contributed by atoms with Crippen LogP contribution in [0.3, 0.4) is 0 Å². The van der Waals surface area contributed by atoms with Crippen LogP contribution in [-0.2, 0) is 4.79 Å². The number of rotatable bonds is 3. The van der Waals surface area contributed by atoms with Crippen molar-refractivity contribution in [2.45, 2.75) is 32.2 Å². The summed E-state index contributed by atoms with van der Waals surface area (Å²) < 4.78 is 0.846. The van der Waals surface area contributed by atoms with Gasteiger partial charge in [-0.25, -0.2) is 0 Å². The van der Waals surface area contributed by atoms with E-state index in [2.05, 4.69) is 21.2 Å². The number of benzene rings is 1. The summed E-state index contributed by atoms with van der Waals surface area (Å²) in [6.07, 6.45) is 2.22. The second-order valence-corrected chi connectivity index (χ2v) is 5.89. The van der Waals surface area contributed by atoms with Crippen LogP contribution in [0.2, 0.25) is 0 Å². The molecule has 1 amide bonds. The molecule has 1 aliphatic carbocycles. The molecule has 1 aliphatic rings. The Morgan fingerprint density at radius 1 is 1.32 bits per heavy atom. The van der Waals surface area contributed by atoms with Gasteiger partial charge in [0.1, 0.15) is 0 Å². The molecular weight excluding hydrogens is 310 g/mol. The van der Waals surface area contributed by atoms with E-state index in [0.29, 0.717) is 12.0 Å². The van der Waals surface area contributed by atoms with Gasteiger partial charge in [-0.2, -0.15) is 0 Å². The fourth-order valence-electron chi connectivity index (χ4n) is 2.55. The Bertz CT molecular complexity index is 495. The summed E-state index contributed by atoms with van der Waals surface area (Å²) in [7, 11) is 0. The van der Waals surface area contributed by atoms with Gasteiger partial charge in [0.05, 0.1) is 5.92 Å². The summed E-state index contributed by atoms with van der Waals surface area (Å²) >= 11 is 3.35. The summed E-state index contributed by atoms with van der Waals surface area (Å²) in [5, 5.41) is 11.9. The van der Waals surface area contributed by atoms with Gasteiger partial charge in [0.2, 0.25) is 0 Å². The van der Waals surface area contributed by atoms with Gasteiger partial charge < -0.3 is 10.4 Å². The third-order valence-corrected chi connectivity index (χ3v) is 3.91. The monoisotopic (exact) mass is 325 g/mol. The Kier molecular flexibility index (Phi) is 4.24. The Hall–Kier alpha value is -1.36. The van der Waals surface area contributed by atoms with E-state index in [9.17, 15) is 9.59 Å². The number of amides is 1. The summed E-state index contributed by atoms with van der Waals surface area (Å²) in [5.74, 6) is -1.49. The molecule has 0 radical (unpaired) electrons. The van der Waals surface area contributed by atoms with Gasteiger partial charge >= 0.3 is 5.97 Å². The fourth-order valence-corrected chi connectivity index (χ4v) is 3.16. The van der Waals surface area contributed by atoms with E-state index >= 15 is 0 Å². The molecule has 2 atom stereocenters. The van der Waals surface area contributed by atoms with Crippen molar-refractivity contribution in [1.82, 2.24) is 5.32 Å². The maximum Gasteiger partial charge on any atom is 0.308 e. The van der Waals surface area contributed by atoms with Crippen molar-refractivity contribution in [3.8, 4) is 0 Å². The number of hydrogen-bond donors (Lipinski definition) is 2. The molecule has 0 aliphatic heterocycles. The molecule has 0 spiro atoms. The number of carboxylic acid groups (broad SMARTS) is 1. The normalized spacial score (nSPS) is 22.2. The molecule has 2 unspecified atom stereocenters. The molecule has 1 aromatic rings. The first-order valence-electron chi connectivity index (χ1n) is 6.28. The summed E-state index contributed by atoms with van der Waals surface area (Å²) in [6, 6.07) is 5.20. The van der Waals surface area contributed by atoms with Crippen molar-refractivity contribution < 1.29 is 14.7 Å². The Balaban J connectivity index is 2.10. The predicted molar refractivity (Wildman–Crippen MR) is 75.1 cm³/mol. The van der Waals surface area contributed by atoms with E-state index in [-0.39, 0.29) is 11.9 Å². The number of halogens is 1. The van der Waals surface area contributed by atoms with E-state index in [1.165, 1.54) is 0 Å². The first-order valence-corrected chi connectivity index (χ1v) is 7.07. The van der Waals surface area contributed by atoms with Gasteiger partial charge in [0.25, 0.3) is 5.91 Å². The van der Waals surface area contributed by atoms with Crippen molar-refractivity contribution in [2.75, 3.05) is 0 Å². The zero-order chi connectivity index (χ0) is 14.0. The molecular formula is C14H16BrNO3. The quantitative estimate of drug-likeness (QED) is 0.897. The molecule has 19 heavy (non-hydrogen) atoms. The van der Waals surface area contributed by atoms with Crippen molar-refractivity contribution in [1.29, 1.82) is 0 Å². The van der Waals surface area contributed by atoms with Crippen LogP contribution in [0.4, 0.5) is 0 Å². The third-order valence-electron chi connectivity index (χ3n) is 3.45. The largest absolute Gasteiger partial charge is 0.481 e. The average Bonchev–Trinajstić information content (AvgIpc) is 2.75. The minimum absolute atomic E-state index is 0.206. The maximum absolute atomic E-state index is 12.1. The highest BCUT2D eigenvalue weighted by Crippen LogP contribution is 2.26. The molecule has 1 aromatic carbocycles. The number of carbonyl (C=O) groups excluding carboxylic acids is 1. The molecule has 2 rings (SSSR count). The van der Waals surface area contributed by atoms with Crippen LogP contribution in [0.25, 0.3) is 0 Å². The maximum atomic E-state index is 12.1. The van der Waals surface area contributed by atoms with Crippen LogP contribution in [0.5, 0.6) is 0 Å². The lowest BCUT2D eigenvalue weighted by Gasteiger charge is -2.17. The topological polar surface area (TPSA) is 66.4 Å². The smallest absolute Gasteiger partial charge is 0.308 e. The van der Waals surface area contributed by atoms with Gasteiger partial charge in [-0.15, -0.1) is 0 Å². The molecule has 1 saturated carbocycles. The molecule has 0 aromatic heterocycles. The first kappa shape index (κ1) is 14.1. The summed E-state index contributed by atoms with van der Waals surface area (Å²) in [4.78, 5) is 23.2. The Morgan fingerprint density at radius 3 is 2.68 bits per heavy atom. The molecule has 0 bridgehead atoms. The molecule has 102 valence electrons. The highest BCUT2D eigenvalue weighted by molar-refractivity contribution is 9.10. The number of aliphatic carboxylic acids is 1. The molecule has 4 nitrogen and oxygen atoms in total. The molecule has 1 fully saturated rings. The Labute approximate surface area is 120 Å². The van der Waals surface area contributed by atoms with Crippen molar-refractivity contribution >= 4 is 27.8 Å². The lowest BCUT2D eigenvalue weighted by Crippen LogP contribution is -2.40. The van der Waals surface area contributed by atoms with Crippen molar-refractivity contribution in [3.05, 3.63) is 33.8 Å². The van der Waals surface area contributed by atoms with Gasteiger partial charge in [0, 0.05) is 16.1 Å². The molecule has 2 N–H and O–H groups in total. The van der Waals surface area contributed by atoms with Crippen LogP contribution in [0, 0.1) is 12.8 Å². The number of aryl methyl sites for hydroxylation is 1. The van der Waals surface area contributed by atoms with Gasteiger partial charge in [0.15, 0.2) is 0 Å². The number of hydrogen-bond acceptors (Lipinski definition) is 2. The third kappa shape index (κ3) is 3.35. The lowest BCUT2D eigenvalue weighted by molar-refractivity contribution is -0.142. The minimum Gasteiger partial charge on any atom is -0.481 e. The Morgan fingerprint density at radius 2 is 2.05 bits per heavy atom. The molecule has 5 heteroatoms. The molecule has 0 heterocycles. The van der Waals surface area contributed by atoms with E-state index in [0.717, 1.165) is 22.9 Å². The van der Waals surface area contributed by atoms with E-state index in [1.807, 2.05) is 13.0 Å². The van der Waals surface area contributed by atoms with Gasteiger partial charge in [-0.05, 0) is 43.5 Å². The van der Waals surface area contributed by atoms with Crippen LogP contribution >= 0.6 is 15.9 Å². The van der Waals surface area contributed by atoms with Crippen LogP contribution in [0.15, 0.2) is 22.7 Å². The zero-order valence-corrected chi connectivity index (χ0v) is 12.2. The van der Waals surface area contributed by atoms with Crippen LogP contribution in [-0.4, -0.2) is 23.0 Å². The van der Waals surface area contributed by atoms with E-state index in [4.69, 9.17) is 5.11 Å². The fraction of sp³-hybridized carbons (Fsp3) is 0.429. The van der Waals surface area contributed by atoms with Crippen LogP contribution < -0.4 is 5.32 Å². The van der Waals surface area contributed by atoms with Gasteiger partial charge in [-0.1, -0.05) is 22.4 Å². The number of nitrogens with one attached hydrogen (secondary N) is 1. The average molecular weight is 326 g/mol. The second-order valence-electron chi connectivity index (χ2n) is 4.97. The summed E-state index contributed by atoms with van der Waals surface area (Å²) in [6.45, 7) is 1.91. The van der Waals surface area contributed by atoms with Crippen molar-refractivity contribution in [3.63, 3.8) is 0 Å².